The number of H-pyrrole nitrogens is 1. The predicted molar refractivity (Wildman–Crippen MR) is 63.2 cm³/mol. The average molecular weight is 256 g/mol. The van der Waals surface area contributed by atoms with Gasteiger partial charge < -0.3 is 4.98 Å². The molecule has 0 saturated heterocycles. The fraction of sp³-hybridized carbons (Fsp3) is 0.200. The first-order valence-electron chi connectivity index (χ1n) is 4.05. The van der Waals surface area contributed by atoms with Gasteiger partial charge in [-0.15, -0.1) is 0 Å². The molecule has 0 radical (unpaired) electrons. The maximum Gasteiger partial charge on any atom is 0.0457 e. The van der Waals surface area contributed by atoms with Gasteiger partial charge in [0, 0.05) is 26.8 Å². The maximum atomic E-state index is 3.46. The molecule has 1 aromatic carbocycles. The smallest absolute Gasteiger partial charge is 0.0457 e. The lowest BCUT2D eigenvalue weighted by atomic mass is 10.2. The van der Waals surface area contributed by atoms with Crippen LogP contribution in [0, 0.1) is 0 Å². The standard InChI is InChI=1S/C10H10BrNS/c1-13-6-9-5-7-4-8(11)2-3-10(7)12-9/h2-5,12H,6H2,1H3. The van der Waals surface area contributed by atoms with Gasteiger partial charge in [-0.1, -0.05) is 15.9 Å². The molecule has 0 aliphatic rings. The highest BCUT2D eigenvalue weighted by atomic mass is 79.9. The first-order valence-corrected chi connectivity index (χ1v) is 6.24. The minimum atomic E-state index is 1.05. The second-order valence-corrected chi connectivity index (χ2v) is 4.74. The molecule has 2 rings (SSSR count). The summed E-state index contributed by atoms with van der Waals surface area (Å²) in [4.78, 5) is 3.38. The van der Waals surface area contributed by atoms with Crippen molar-refractivity contribution in [3.8, 4) is 0 Å². The highest BCUT2D eigenvalue weighted by molar-refractivity contribution is 9.10. The molecule has 1 nitrogen and oxygen atoms in total. The Morgan fingerprint density at radius 3 is 3.00 bits per heavy atom. The van der Waals surface area contributed by atoms with Gasteiger partial charge in [0.15, 0.2) is 0 Å². The largest absolute Gasteiger partial charge is 0.358 e. The molecule has 2 aromatic rings. The van der Waals surface area contributed by atoms with E-state index in [0.29, 0.717) is 0 Å². The lowest BCUT2D eigenvalue weighted by Gasteiger charge is -1.90. The fourth-order valence-corrected chi connectivity index (χ4v) is 2.24. The van der Waals surface area contributed by atoms with Crippen molar-refractivity contribution in [2.45, 2.75) is 5.75 Å². The van der Waals surface area contributed by atoms with Crippen molar-refractivity contribution < 1.29 is 0 Å². The SMILES string of the molecule is CSCc1cc2cc(Br)ccc2[nH]1. The number of aromatic nitrogens is 1. The number of fused-ring (bicyclic) bond motifs is 1. The number of rotatable bonds is 2. The van der Waals surface area contributed by atoms with Crippen molar-refractivity contribution in [1.82, 2.24) is 4.98 Å². The minimum Gasteiger partial charge on any atom is -0.358 e. The monoisotopic (exact) mass is 255 g/mol. The van der Waals surface area contributed by atoms with Crippen molar-refractivity contribution >= 4 is 38.6 Å². The van der Waals surface area contributed by atoms with E-state index in [4.69, 9.17) is 0 Å². The average Bonchev–Trinajstić information content (AvgIpc) is 2.46. The summed E-state index contributed by atoms with van der Waals surface area (Å²) in [6.45, 7) is 0. The molecule has 68 valence electrons. The van der Waals surface area contributed by atoms with Gasteiger partial charge >= 0.3 is 0 Å². The topological polar surface area (TPSA) is 15.8 Å². The third-order valence-electron chi connectivity index (χ3n) is 1.94. The molecule has 0 aliphatic carbocycles. The quantitative estimate of drug-likeness (QED) is 0.864. The molecular weight excluding hydrogens is 246 g/mol. The van der Waals surface area contributed by atoms with Crippen molar-refractivity contribution in [3.63, 3.8) is 0 Å². The Morgan fingerprint density at radius 2 is 2.23 bits per heavy atom. The second-order valence-electron chi connectivity index (χ2n) is 2.96. The number of halogens is 1. The van der Waals surface area contributed by atoms with Crippen LogP contribution in [0.15, 0.2) is 28.7 Å². The van der Waals surface area contributed by atoms with Crippen LogP contribution in [0.5, 0.6) is 0 Å². The Hall–Kier alpha value is -0.410. The van der Waals surface area contributed by atoms with Crippen LogP contribution in [-0.4, -0.2) is 11.2 Å². The molecule has 0 spiro atoms. The van der Waals surface area contributed by atoms with Crippen molar-refractivity contribution in [1.29, 1.82) is 0 Å². The number of nitrogens with one attached hydrogen (secondary N) is 1. The van der Waals surface area contributed by atoms with Crippen molar-refractivity contribution in [2.75, 3.05) is 6.26 Å². The maximum absolute atomic E-state index is 3.46. The summed E-state index contributed by atoms with van der Waals surface area (Å²) in [6, 6.07) is 8.50. The normalized spacial score (nSPS) is 10.9. The van der Waals surface area contributed by atoms with E-state index in [0.717, 1.165) is 10.2 Å². The van der Waals surface area contributed by atoms with Crippen LogP contribution in [-0.2, 0) is 5.75 Å². The molecule has 0 amide bonds. The summed E-state index contributed by atoms with van der Waals surface area (Å²) in [7, 11) is 0. The van der Waals surface area contributed by atoms with E-state index in [9.17, 15) is 0 Å². The first-order chi connectivity index (χ1) is 6.29. The number of aromatic amines is 1. The molecule has 1 N–H and O–H groups in total. The molecule has 1 heterocycles. The summed E-state index contributed by atoms with van der Waals surface area (Å²) in [5, 5.41) is 1.28. The van der Waals surface area contributed by atoms with E-state index in [1.165, 1.54) is 16.6 Å². The van der Waals surface area contributed by atoms with Crippen molar-refractivity contribution in [3.05, 3.63) is 34.4 Å². The lowest BCUT2D eigenvalue weighted by Crippen LogP contribution is -1.75. The molecule has 0 atom stereocenters. The van der Waals surface area contributed by atoms with Gasteiger partial charge in [0.05, 0.1) is 0 Å². The minimum absolute atomic E-state index is 1.05. The summed E-state index contributed by atoms with van der Waals surface area (Å²) >= 11 is 5.29. The van der Waals surface area contributed by atoms with Gasteiger partial charge in [0.25, 0.3) is 0 Å². The lowest BCUT2D eigenvalue weighted by molar-refractivity contribution is 1.27. The molecule has 0 bridgehead atoms. The van der Waals surface area contributed by atoms with E-state index >= 15 is 0 Å². The summed E-state index contributed by atoms with van der Waals surface area (Å²) < 4.78 is 1.13. The van der Waals surface area contributed by atoms with Gasteiger partial charge in [0.2, 0.25) is 0 Å². The van der Waals surface area contributed by atoms with Gasteiger partial charge in [-0.05, 0) is 30.5 Å². The van der Waals surface area contributed by atoms with Crippen LogP contribution in [0.4, 0.5) is 0 Å². The van der Waals surface area contributed by atoms with Gasteiger partial charge in [0.1, 0.15) is 0 Å². The van der Waals surface area contributed by atoms with Gasteiger partial charge in [-0.3, -0.25) is 0 Å². The van der Waals surface area contributed by atoms with Crippen LogP contribution in [0.3, 0.4) is 0 Å². The summed E-state index contributed by atoms with van der Waals surface area (Å²) in [6.07, 6.45) is 2.11. The number of thioether (sulfide) groups is 1. The van der Waals surface area contributed by atoms with E-state index < -0.39 is 0 Å². The molecule has 13 heavy (non-hydrogen) atoms. The molecule has 3 heteroatoms. The third kappa shape index (κ3) is 1.92. The number of benzene rings is 1. The van der Waals surface area contributed by atoms with Crippen LogP contribution in [0.1, 0.15) is 5.69 Å². The highest BCUT2D eigenvalue weighted by Crippen LogP contribution is 2.21. The molecular formula is C10H10BrNS. The number of hydrogen-bond donors (Lipinski definition) is 1. The Morgan fingerprint density at radius 1 is 1.38 bits per heavy atom. The summed E-state index contributed by atoms with van der Waals surface area (Å²) in [5.41, 5.74) is 2.51. The zero-order valence-electron chi connectivity index (χ0n) is 7.30. The second kappa shape index (κ2) is 3.76. The fourth-order valence-electron chi connectivity index (χ4n) is 1.40. The van der Waals surface area contributed by atoms with Crippen LogP contribution < -0.4 is 0 Å². The Labute approximate surface area is 90.0 Å². The Balaban J connectivity index is 2.49. The molecule has 1 aromatic heterocycles. The van der Waals surface area contributed by atoms with E-state index in [1.54, 1.807) is 0 Å². The van der Waals surface area contributed by atoms with E-state index in [2.05, 4.69) is 51.4 Å². The van der Waals surface area contributed by atoms with E-state index in [1.807, 2.05) is 11.8 Å². The molecule has 0 saturated carbocycles. The Kier molecular flexibility index (Phi) is 2.65. The van der Waals surface area contributed by atoms with Crippen LogP contribution in [0.2, 0.25) is 0 Å². The van der Waals surface area contributed by atoms with Gasteiger partial charge in [-0.2, -0.15) is 11.8 Å². The highest BCUT2D eigenvalue weighted by Gasteiger charge is 1.99. The molecule has 0 unspecified atom stereocenters. The molecule has 0 aliphatic heterocycles. The first kappa shape index (κ1) is 9.16. The van der Waals surface area contributed by atoms with Crippen LogP contribution >= 0.6 is 27.7 Å². The Bertz CT molecular complexity index is 422. The van der Waals surface area contributed by atoms with Crippen molar-refractivity contribution in [2.24, 2.45) is 0 Å². The number of hydrogen-bond acceptors (Lipinski definition) is 1. The zero-order valence-corrected chi connectivity index (χ0v) is 9.71. The third-order valence-corrected chi connectivity index (χ3v) is 3.03. The summed E-state index contributed by atoms with van der Waals surface area (Å²) in [5.74, 6) is 1.05. The van der Waals surface area contributed by atoms with Gasteiger partial charge in [-0.25, -0.2) is 0 Å². The zero-order chi connectivity index (χ0) is 9.26. The van der Waals surface area contributed by atoms with E-state index in [-0.39, 0.29) is 0 Å². The molecule has 0 fully saturated rings. The predicted octanol–water partition coefficient (Wildman–Crippen LogP) is 3.79. The van der Waals surface area contributed by atoms with Crippen LogP contribution in [0.25, 0.3) is 10.9 Å².